The van der Waals surface area contributed by atoms with Crippen LogP contribution in [0.1, 0.15) is 39.2 Å². The SMILES string of the molecule is CC(C)(C)c1cnc(-c2cnn(S(=O)(=O)C3CC3)c2)nc1N. The highest BCUT2D eigenvalue weighted by molar-refractivity contribution is 7.90. The van der Waals surface area contributed by atoms with E-state index in [9.17, 15) is 8.42 Å². The molecule has 1 aliphatic carbocycles. The summed E-state index contributed by atoms with van der Waals surface area (Å²) >= 11 is 0. The maximum Gasteiger partial charge on any atom is 0.256 e. The Kier molecular flexibility index (Phi) is 3.24. The van der Waals surface area contributed by atoms with Crippen molar-refractivity contribution in [1.29, 1.82) is 0 Å². The van der Waals surface area contributed by atoms with E-state index in [1.54, 1.807) is 6.20 Å². The molecule has 0 unspecified atom stereocenters. The van der Waals surface area contributed by atoms with Crippen molar-refractivity contribution in [3.8, 4) is 11.4 Å². The Balaban J connectivity index is 1.96. The predicted octanol–water partition coefficient (Wildman–Crippen LogP) is 1.56. The van der Waals surface area contributed by atoms with Gasteiger partial charge in [0.15, 0.2) is 5.82 Å². The zero-order valence-electron chi connectivity index (χ0n) is 12.8. The topological polar surface area (TPSA) is 104 Å². The van der Waals surface area contributed by atoms with Gasteiger partial charge in [0.25, 0.3) is 10.0 Å². The van der Waals surface area contributed by atoms with Crippen LogP contribution in [0, 0.1) is 0 Å². The summed E-state index contributed by atoms with van der Waals surface area (Å²) < 4.78 is 25.3. The second kappa shape index (κ2) is 4.77. The Bertz CT molecular complexity index is 816. The molecular formula is C14H19N5O2S. The molecule has 0 aliphatic heterocycles. The maximum absolute atomic E-state index is 12.1. The number of aromatic nitrogens is 4. The van der Waals surface area contributed by atoms with Gasteiger partial charge in [0.1, 0.15) is 5.82 Å². The fourth-order valence-electron chi connectivity index (χ4n) is 2.19. The summed E-state index contributed by atoms with van der Waals surface area (Å²) in [6, 6.07) is 0. The minimum Gasteiger partial charge on any atom is -0.383 e. The largest absolute Gasteiger partial charge is 0.383 e. The molecule has 8 heteroatoms. The second-order valence-corrected chi connectivity index (χ2v) is 8.66. The number of hydrogen-bond acceptors (Lipinski definition) is 6. The van der Waals surface area contributed by atoms with Crippen molar-refractivity contribution in [2.45, 2.75) is 44.3 Å². The normalized spacial score (nSPS) is 16.0. The molecule has 118 valence electrons. The molecule has 0 atom stereocenters. The first-order chi connectivity index (χ1) is 10.2. The summed E-state index contributed by atoms with van der Waals surface area (Å²) in [6.45, 7) is 6.09. The lowest BCUT2D eigenvalue weighted by Crippen LogP contribution is -2.17. The maximum atomic E-state index is 12.1. The highest BCUT2D eigenvalue weighted by Crippen LogP contribution is 2.31. The lowest BCUT2D eigenvalue weighted by molar-refractivity contribution is 0.578. The zero-order valence-corrected chi connectivity index (χ0v) is 13.6. The standard InChI is InChI=1S/C14H19N5O2S/c1-14(2,3)11-7-16-13(18-12(11)15)9-6-17-19(8-9)22(20,21)10-4-5-10/h6-8,10H,4-5H2,1-3H3,(H2,15,16,18). The number of nitrogens with zero attached hydrogens (tertiary/aromatic N) is 4. The van der Waals surface area contributed by atoms with E-state index in [1.807, 2.05) is 20.8 Å². The minimum atomic E-state index is -3.38. The Morgan fingerprint density at radius 1 is 1.27 bits per heavy atom. The molecule has 0 amide bonds. The first-order valence-corrected chi connectivity index (χ1v) is 8.62. The van der Waals surface area contributed by atoms with Gasteiger partial charge in [-0.2, -0.15) is 9.19 Å². The molecule has 7 nitrogen and oxygen atoms in total. The molecule has 2 aromatic heterocycles. The monoisotopic (exact) mass is 321 g/mol. The molecule has 0 bridgehead atoms. The van der Waals surface area contributed by atoms with E-state index < -0.39 is 10.0 Å². The molecule has 0 saturated heterocycles. The van der Waals surface area contributed by atoms with Gasteiger partial charge in [-0.15, -0.1) is 0 Å². The van der Waals surface area contributed by atoms with Crippen LogP contribution in [0.3, 0.4) is 0 Å². The van der Waals surface area contributed by atoms with E-state index in [4.69, 9.17) is 5.73 Å². The Hall–Kier alpha value is -1.96. The van der Waals surface area contributed by atoms with Crippen molar-refractivity contribution >= 4 is 15.8 Å². The molecule has 2 aromatic rings. The number of rotatable bonds is 3. The van der Waals surface area contributed by atoms with Crippen molar-refractivity contribution < 1.29 is 8.42 Å². The summed E-state index contributed by atoms with van der Waals surface area (Å²) in [6.07, 6.45) is 5.97. The van der Waals surface area contributed by atoms with Gasteiger partial charge in [0.2, 0.25) is 0 Å². The minimum absolute atomic E-state index is 0.151. The summed E-state index contributed by atoms with van der Waals surface area (Å²) in [5.41, 5.74) is 7.24. The molecule has 3 rings (SSSR count). The van der Waals surface area contributed by atoms with Crippen molar-refractivity contribution in [2.24, 2.45) is 0 Å². The Morgan fingerprint density at radius 2 is 1.95 bits per heavy atom. The molecule has 1 fully saturated rings. The van der Waals surface area contributed by atoms with Gasteiger partial charge >= 0.3 is 0 Å². The smallest absolute Gasteiger partial charge is 0.256 e. The fraction of sp³-hybridized carbons (Fsp3) is 0.500. The summed E-state index contributed by atoms with van der Waals surface area (Å²) in [7, 11) is -3.38. The number of hydrogen-bond donors (Lipinski definition) is 1. The lowest BCUT2D eigenvalue weighted by Gasteiger charge is -2.19. The number of nitrogen functional groups attached to an aromatic ring is 1. The van der Waals surface area contributed by atoms with Crippen molar-refractivity contribution in [1.82, 2.24) is 19.2 Å². The lowest BCUT2D eigenvalue weighted by atomic mass is 9.88. The first-order valence-electron chi connectivity index (χ1n) is 7.12. The third kappa shape index (κ3) is 2.58. The van der Waals surface area contributed by atoms with Gasteiger partial charge in [-0.05, 0) is 18.3 Å². The highest BCUT2D eigenvalue weighted by Gasteiger charge is 2.37. The zero-order chi connectivity index (χ0) is 16.1. The van der Waals surface area contributed by atoms with Crippen LogP contribution < -0.4 is 5.73 Å². The molecule has 22 heavy (non-hydrogen) atoms. The second-order valence-electron chi connectivity index (χ2n) is 6.59. The van der Waals surface area contributed by atoms with Crippen molar-refractivity contribution in [3.05, 3.63) is 24.2 Å². The van der Waals surface area contributed by atoms with Gasteiger partial charge in [0.05, 0.1) is 23.2 Å². The number of anilines is 1. The summed E-state index contributed by atoms with van der Waals surface area (Å²) in [5, 5.41) is 3.62. The van der Waals surface area contributed by atoms with Crippen LogP contribution >= 0.6 is 0 Å². The van der Waals surface area contributed by atoms with Crippen LogP contribution in [0.5, 0.6) is 0 Å². The quantitative estimate of drug-likeness (QED) is 0.920. The van der Waals surface area contributed by atoms with E-state index in [0.717, 1.165) is 9.65 Å². The Labute approximate surface area is 129 Å². The Morgan fingerprint density at radius 3 is 2.50 bits per heavy atom. The van der Waals surface area contributed by atoms with E-state index in [1.165, 1.54) is 12.4 Å². The first kappa shape index (κ1) is 15.0. The summed E-state index contributed by atoms with van der Waals surface area (Å²) in [5.74, 6) is 0.776. The van der Waals surface area contributed by atoms with Crippen LogP contribution in [0.2, 0.25) is 0 Å². The summed E-state index contributed by atoms with van der Waals surface area (Å²) in [4.78, 5) is 8.58. The van der Waals surface area contributed by atoms with Crippen molar-refractivity contribution in [3.63, 3.8) is 0 Å². The molecule has 0 radical (unpaired) electrons. The molecule has 0 spiro atoms. The van der Waals surface area contributed by atoms with Gasteiger partial charge in [-0.1, -0.05) is 20.8 Å². The van der Waals surface area contributed by atoms with E-state index >= 15 is 0 Å². The third-order valence-electron chi connectivity index (χ3n) is 3.65. The molecule has 2 N–H and O–H groups in total. The van der Waals surface area contributed by atoms with Crippen LogP contribution in [-0.4, -0.2) is 32.8 Å². The molecular weight excluding hydrogens is 302 g/mol. The van der Waals surface area contributed by atoms with E-state index in [2.05, 4.69) is 15.1 Å². The highest BCUT2D eigenvalue weighted by atomic mass is 32.2. The number of nitrogens with two attached hydrogens (primary N) is 1. The predicted molar refractivity (Wildman–Crippen MR) is 83.7 cm³/mol. The van der Waals surface area contributed by atoms with Crippen LogP contribution in [-0.2, 0) is 15.4 Å². The van der Waals surface area contributed by atoms with Gasteiger partial charge < -0.3 is 5.73 Å². The van der Waals surface area contributed by atoms with Crippen LogP contribution in [0.15, 0.2) is 18.6 Å². The third-order valence-corrected chi connectivity index (χ3v) is 5.69. The molecule has 2 heterocycles. The van der Waals surface area contributed by atoms with Gasteiger partial charge in [-0.25, -0.2) is 18.4 Å². The van der Waals surface area contributed by atoms with Crippen LogP contribution in [0.4, 0.5) is 5.82 Å². The molecule has 1 saturated carbocycles. The average Bonchev–Trinajstić information content (AvgIpc) is 3.15. The van der Waals surface area contributed by atoms with Crippen LogP contribution in [0.25, 0.3) is 11.4 Å². The van der Waals surface area contributed by atoms with Crippen molar-refractivity contribution in [2.75, 3.05) is 5.73 Å². The average molecular weight is 321 g/mol. The molecule has 1 aliphatic rings. The molecule has 0 aromatic carbocycles. The van der Waals surface area contributed by atoms with Gasteiger partial charge in [0, 0.05) is 11.8 Å². The van der Waals surface area contributed by atoms with Gasteiger partial charge in [-0.3, -0.25) is 0 Å². The van der Waals surface area contributed by atoms with E-state index in [0.29, 0.717) is 30.0 Å². The fourth-order valence-corrected chi connectivity index (χ4v) is 3.67. The van der Waals surface area contributed by atoms with E-state index in [-0.39, 0.29) is 10.7 Å².